The van der Waals surface area contributed by atoms with Gasteiger partial charge in [-0.2, -0.15) is 0 Å². The minimum Gasteiger partial charge on any atom is -0.492 e. The minimum atomic E-state index is -0.842. The molecule has 3 aromatic rings. The molecule has 4 rings (SSSR count). The Morgan fingerprint density at radius 2 is 1.77 bits per heavy atom. The molecule has 1 fully saturated rings. The Balaban J connectivity index is 1.35. The fourth-order valence-corrected chi connectivity index (χ4v) is 4.20. The van der Waals surface area contributed by atoms with E-state index in [0.717, 1.165) is 41.9 Å². The number of piperazine rings is 1. The highest BCUT2D eigenvalue weighted by atomic mass is 35.5. The van der Waals surface area contributed by atoms with Crippen LogP contribution in [-0.2, 0) is 4.79 Å². The van der Waals surface area contributed by atoms with Crippen LogP contribution in [0.4, 0.5) is 0 Å². The van der Waals surface area contributed by atoms with Gasteiger partial charge in [0.15, 0.2) is 0 Å². The zero-order chi connectivity index (χ0) is 21.1. The quantitative estimate of drug-likeness (QED) is 0.564. The summed E-state index contributed by atoms with van der Waals surface area (Å²) in [6.45, 7) is 4.31. The van der Waals surface area contributed by atoms with Gasteiger partial charge in [-0.05, 0) is 36.4 Å². The molecule has 158 valence electrons. The third-order valence-electron chi connectivity index (χ3n) is 5.47. The van der Waals surface area contributed by atoms with Crippen molar-refractivity contribution in [3.8, 4) is 5.75 Å². The van der Waals surface area contributed by atoms with E-state index in [0.29, 0.717) is 29.7 Å². The van der Waals surface area contributed by atoms with Crippen molar-refractivity contribution in [2.45, 2.75) is 6.04 Å². The number of benzene rings is 2. The predicted octanol–water partition coefficient (Wildman–Crippen LogP) is 4.30. The van der Waals surface area contributed by atoms with E-state index in [1.165, 1.54) is 0 Å². The van der Waals surface area contributed by atoms with Crippen LogP contribution in [0.5, 0.6) is 5.75 Å². The molecule has 2 heterocycles. The monoisotopic (exact) mass is 447 g/mol. The van der Waals surface area contributed by atoms with Gasteiger partial charge in [-0.1, -0.05) is 29.3 Å². The summed E-state index contributed by atoms with van der Waals surface area (Å²) in [6.07, 6.45) is 1.78. The van der Waals surface area contributed by atoms with Crippen molar-refractivity contribution in [1.82, 2.24) is 14.8 Å². The van der Waals surface area contributed by atoms with Crippen LogP contribution < -0.4 is 4.74 Å². The molecule has 0 bridgehead atoms. The number of carboxylic acid groups (broad SMARTS) is 1. The number of fused-ring (bicyclic) bond motifs is 1. The molecule has 6 nitrogen and oxygen atoms in total. The summed E-state index contributed by atoms with van der Waals surface area (Å²) in [6, 6.07) is 12.1. The first-order valence-corrected chi connectivity index (χ1v) is 10.6. The molecule has 0 amide bonds. The predicted molar refractivity (Wildman–Crippen MR) is 119 cm³/mol. The first-order valence-electron chi connectivity index (χ1n) is 9.85. The van der Waals surface area contributed by atoms with Crippen molar-refractivity contribution in [2.75, 3.05) is 39.3 Å². The molecule has 0 spiro atoms. The van der Waals surface area contributed by atoms with E-state index in [2.05, 4.69) is 9.88 Å². The molecule has 30 heavy (non-hydrogen) atoms. The zero-order valence-electron chi connectivity index (χ0n) is 16.4. The molecule has 0 saturated carbocycles. The molecule has 2 aromatic carbocycles. The molecule has 2 N–H and O–H groups in total. The number of aromatic amines is 1. The number of nitrogens with one attached hydrogen (secondary N) is 1. The fourth-order valence-electron chi connectivity index (χ4n) is 3.90. The van der Waals surface area contributed by atoms with Gasteiger partial charge in [0.05, 0.1) is 0 Å². The van der Waals surface area contributed by atoms with Crippen LogP contribution in [0.2, 0.25) is 10.0 Å². The van der Waals surface area contributed by atoms with Gasteiger partial charge < -0.3 is 14.8 Å². The van der Waals surface area contributed by atoms with Crippen LogP contribution in [0.1, 0.15) is 11.6 Å². The molecule has 1 aromatic heterocycles. The molecule has 0 aliphatic carbocycles. The highest BCUT2D eigenvalue weighted by Crippen LogP contribution is 2.31. The number of carbonyl (C=O) groups is 1. The van der Waals surface area contributed by atoms with Crippen LogP contribution in [0.15, 0.2) is 48.7 Å². The largest absolute Gasteiger partial charge is 0.492 e. The number of hydrogen-bond donors (Lipinski definition) is 2. The van der Waals surface area contributed by atoms with Crippen LogP contribution in [0.3, 0.4) is 0 Å². The second-order valence-corrected chi connectivity index (χ2v) is 8.23. The lowest BCUT2D eigenvalue weighted by molar-refractivity contribution is -0.144. The normalized spacial score (nSPS) is 16.6. The second-order valence-electron chi connectivity index (χ2n) is 7.35. The Morgan fingerprint density at radius 1 is 1.07 bits per heavy atom. The smallest absolute Gasteiger partial charge is 0.325 e. The third kappa shape index (κ3) is 4.73. The summed E-state index contributed by atoms with van der Waals surface area (Å²) < 4.78 is 5.77. The Labute approximate surface area is 184 Å². The fraction of sp³-hybridized carbons (Fsp3) is 0.318. The molecular weight excluding hydrogens is 425 g/mol. The van der Waals surface area contributed by atoms with Crippen molar-refractivity contribution in [3.63, 3.8) is 0 Å². The number of nitrogens with zero attached hydrogens (tertiary/aromatic N) is 2. The maximum Gasteiger partial charge on any atom is 0.325 e. The third-order valence-corrected chi connectivity index (χ3v) is 5.95. The van der Waals surface area contributed by atoms with Gasteiger partial charge in [0.25, 0.3) is 0 Å². The summed E-state index contributed by atoms with van der Waals surface area (Å²) in [5.41, 5.74) is 1.62. The molecule has 0 radical (unpaired) electrons. The van der Waals surface area contributed by atoms with Gasteiger partial charge in [0.1, 0.15) is 18.4 Å². The maximum atomic E-state index is 12.1. The number of hydrogen-bond acceptors (Lipinski definition) is 4. The van der Waals surface area contributed by atoms with Gasteiger partial charge in [-0.25, -0.2) is 0 Å². The SMILES string of the molecule is O=C(O)C(c1c[nH]c2cc(Cl)ccc12)N1CCN(CCOc2ccc(Cl)cc2)CC1. The van der Waals surface area contributed by atoms with Crippen molar-refractivity contribution in [2.24, 2.45) is 0 Å². The number of halogens is 2. The molecular formula is C22H23Cl2N3O3. The van der Waals surface area contributed by atoms with E-state index in [-0.39, 0.29) is 0 Å². The lowest BCUT2D eigenvalue weighted by Gasteiger charge is -2.37. The van der Waals surface area contributed by atoms with Crippen LogP contribution >= 0.6 is 23.2 Å². The molecule has 1 atom stereocenters. The highest BCUT2D eigenvalue weighted by Gasteiger charge is 2.32. The van der Waals surface area contributed by atoms with Gasteiger partial charge in [-0.15, -0.1) is 0 Å². The number of aliphatic carboxylic acids is 1. The Hall–Kier alpha value is -2.25. The average molecular weight is 448 g/mol. The van der Waals surface area contributed by atoms with Crippen molar-refractivity contribution in [1.29, 1.82) is 0 Å². The van der Waals surface area contributed by atoms with Crippen LogP contribution in [-0.4, -0.2) is 65.2 Å². The molecule has 1 aliphatic rings. The summed E-state index contributed by atoms with van der Waals surface area (Å²) >= 11 is 11.9. The number of ether oxygens (including phenoxy) is 1. The topological polar surface area (TPSA) is 68.8 Å². The van der Waals surface area contributed by atoms with E-state index in [9.17, 15) is 9.90 Å². The molecule has 1 saturated heterocycles. The van der Waals surface area contributed by atoms with Crippen molar-refractivity contribution in [3.05, 3.63) is 64.3 Å². The maximum absolute atomic E-state index is 12.1. The summed E-state index contributed by atoms with van der Waals surface area (Å²) in [4.78, 5) is 19.6. The van der Waals surface area contributed by atoms with Crippen molar-refractivity contribution >= 4 is 40.1 Å². The molecule has 8 heteroatoms. The number of rotatable bonds is 7. The van der Waals surface area contributed by atoms with Gasteiger partial charge in [-0.3, -0.25) is 14.6 Å². The highest BCUT2D eigenvalue weighted by molar-refractivity contribution is 6.31. The standard InChI is InChI=1S/C22H23Cl2N3O3/c23-15-1-4-17(5-2-15)30-12-11-26-7-9-27(10-8-26)21(22(28)29)19-14-25-20-13-16(24)3-6-18(19)20/h1-6,13-14,21,25H,7-12H2,(H,28,29). The number of H-pyrrole nitrogens is 1. The first kappa shape index (κ1) is 21.0. The lowest BCUT2D eigenvalue weighted by atomic mass is 10.0. The van der Waals surface area contributed by atoms with Crippen molar-refractivity contribution < 1.29 is 14.6 Å². The van der Waals surface area contributed by atoms with E-state index < -0.39 is 12.0 Å². The summed E-state index contributed by atoms with van der Waals surface area (Å²) in [7, 11) is 0. The second kappa shape index (κ2) is 9.27. The summed E-state index contributed by atoms with van der Waals surface area (Å²) in [5, 5.41) is 12.1. The van der Waals surface area contributed by atoms with E-state index in [4.69, 9.17) is 27.9 Å². The number of carboxylic acids is 1. The zero-order valence-corrected chi connectivity index (χ0v) is 17.9. The first-order chi connectivity index (χ1) is 14.5. The molecule has 1 unspecified atom stereocenters. The minimum absolute atomic E-state index is 0.577. The van der Waals surface area contributed by atoms with Crippen LogP contribution in [0, 0.1) is 0 Å². The Morgan fingerprint density at radius 3 is 2.47 bits per heavy atom. The van der Waals surface area contributed by atoms with Gasteiger partial charge in [0.2, 0.25) is 0 Å². The van der Waals surface area contributed by atoms with Gasteiger partial charge in [0, 0.05) is 65.4 Å². The number of aromatic nitrogens is 1. The Bertz CT molecular complexity index is 1010. The Kier molecular flexibility index (Phi) is 6.49. The lowest BCUT2D eigenvalue weighted by Crippen LogP contribution is -2.50. The van der Waals surface area contributed by atoms with Gasteiger partial charge >= 0.3 is 5.97 Å². The van der Waals surface area contributed by atoms with E-state index in [1.807, 2.05) is 29.2 Å². The van der Waals surface area contributed by atoms with Crippen LogP contribution in [0.25, 0.3) is 10.9 Å². The molecule has 1 aliphatic heterocycles. The summed E-state index contributed by atoms with van der Waals surface area (Å²) in [5.74, 6) is -0.0474. The van der Waals surface area contributed by atoms with E-state index >= 15 is 0 Å². The average Bonchev–Trinajstić information content (AvgIpc) is 3.13. The van der Waals surface area contributed by atoms with E-state index in [1.54, 1.807) is 24.4 Å².